The largest absolute Gasteiger partial charge is 0.462 e. The van der Waals surface area contributed by atoms with E-state index in [0.29, 0.717) is 17.6 Å². The molecule has 2 N–H and O–H groups in total. The molecule has 4 fully saturated rings. The second-order valence-corrected chi connectivity index (χ2v) is 15.3. The van der Waals surface area contributed by atoms with Crippen molar-refractivity contribution in [1.29, 1.82) is 0 Å². The van der Waals surface area contributed by atoms with Crippen LogP contribution in [0.3, 0.4) is 0 Å². The first-order chi connectivity index (χ1) is 16.0. The Morgan fingerprint density at radius 3 is 2.26 bits per heavy atom. The minimum Gasteiger partial charge on any atom is -0.462 e. The molecule has 0 aliphatic heterocycles. The molecule has 35 heavy (non-hydrogen) atoms. The van der Waals surface area contributed by atoms with Gasteiger partial charge >= 0.3 is 5.97 Å². The lowest BCUT2D eigenvalue weighted by Gasteiger charge is -2.70. The van der Waals surface area contributed by atoms with Crippen molar-refractivity contribution in [2.75, 3.05) is 0 Å². The molecule has 5 rings (SSSR count). The summed E-state index contributed by atoms with van der Waals surface area (Å²) < 4.78 is 5.84. The molecule has 9 atom stereocenters. The normalized spacial score (nSPS) is 52.8. The van der Waals surface area contributed by atoms with Crippen LogP contribution >= 0.6 is 0 Å². The van der Waals surface area contributed by atoms with E-state index in [2.05, 4.69) is 54.5 Å². The Balaban J connectivity index is 1.58. The zero-order valence-electron chi connectivity index (χ0n) is 23.6. The predicted octanol–water partition coefficient (Wildman–Crippen LogP) is 6.61. The van der Waals surface area contributed by atoms with Gasteiger partial charge in [0.25, 0.3) is 0 Å². The van der Waals surface area contributed by atoms with Crippen molar-refractivity contribution in [3.63, 3.8) is 0 Å². The number of hydrogen-bond donors (Lipinski definition) is 1. The highest BCUT2D eigenvalue weighted by Gasteiger charge is 2.70. The van der Waals surface area contributed by atoms with Gasteiger partial charge in [-0.1, -0.05) is 47.1 Å². The van der Waals surface area contributed by atoms with Crippen LogP contribution in [0.25, 0.3) is 0 Å². The molecule has 0 amide bonds. The Labute approximate surface area is 213 Å². The Morgan fingerprint density at radius 2 is 1.60 bits per heavy atom. The molecular weight excluding hydrogens is 434 g/mol. The number of hydrogen-bond acceptors (Lipinski definition) is 4. The quantitative estimate of drug-likeness (QED) is 0.426. The first-order valence-electron chi connectivity index (χ1n) is 14.2. The van der Waals surface area contributed by atoms with E-state index in [9.17, 15) is 9.59 Å². The number of esters is 1. The van der Waals surface area contributed by atoms with Gasteiger partial charge in [-0.05, 0) is 104 Å². The van der Waals surface area contributed by atoms with Crippen LogP contribution in [0.4, 0.5) is 0 Å². The summed E-state index contributed by atoms with van der Waals surface area (Å²) in [6.07, 6.45) is 11.7. The minimum absolute atomic E-state index is 0.0252. The molecule has 4 nitrogen and oxygen atoms in total. The molecule has 0 heterocycles. The van der Waals surface area contributed by atoms with Gasteiger partial charge < -0.3 is 10.5 Å². The Hall–Kier alpha value is -1.16. The molecule has 5 aliphatic carbocycles. The molecule has 5 aliphatic rings. The third-order valence-electron chi connectivity index (χ3n) is 12.9. The molecule has 0 saturated heterocycles. The van der Waals surface area contributed by atoms with Gasteiger partial charge in [-0.3, -0.25) is 9.59 Å². The first-order valence-corrected chi connectivity index (χ1v) is 14.2. The van der Waals surface area contributed by atoms with Crippen molar-refractivity contribution >= 4 is 11.8 Å². The van der Waals surface area contributed by atoms with Crippen molar-refractivity contribution in [2.45, 2.75) is 125 Å². The van der Waals surface area contributed by atoms with Crippen molar-refractivity contribution in [1.82, 2.24) is 0 Å². The van der Waals surface area contributed by atoms with Crippen molar-refractivity contribution in [3.05, 3.63) is 11.6 Å². The van der Waals surface area contributed by atoms with Gasteiger partial charge in [0.1, 0.15) is 6.10 Å². The molecule has 4 saturated carbocycles. The summed E-state index contributed by atoms with van der Waals surface area (Å²) in [4.78, 5) is 26.2. The lowest BCUT2D eigenvalue weighted by molar-refractivity contribution is -0.209. The Morgan fingerprint density at radius 1 is 0.943 bits per heavy atom. The van der Waals surface area contributed by atoms with E-state index in [1.807, 2.05) is 0 Å². The van der Waals surface area contributed by atoms with Crippen LogP contribution in [0.2, 0.25) is 0 Å². The monoisotopic (exact) mass is 483 g/mol. The molecule has 0 spiro atoms. The number of carbonyl (C=O) groups excluding carboxylic acids is 2. The molecule has 0 bridgehead atoms. The summed E-state index contributed by atoms with van der Waals surface area (Å²) in [5.41, 5.74) is 8.07. The van der Waals surface area contributed by atoms with Gasteiger partial charge in [0, 0.05) is 23.8 Å². The van der Waals surface area contributed by atoms with E-state index < -0.39 is 0 Å². The summed E-state index contributed by atoms with van der Waals surface area (Å²) >= 11 is 0. The van der Waals surface area contributed by atoms with Gasteiger partial charge in [-0.2, -0.15) is 0 Å². The fourth-order valence-electron chi connectivity index (χ4n) is 10.6. The second-order valence-electron chi connectivity index (χ2n) is 15.3. The molecule has 196 valence electrons. The van der Waals surface area contributed by atoms with Crippen LogP contribution in [0, 0.1) is 44.8 Å². The first kappa shape index (κ1) is 25.5. The SMILES string of the molecule is CC(=O)O[C@H]1CC[C@@]2(C)C(CC[C@]3(C)C2C(=O)C=C2[C@@H]4C[C@@](C)(N)CC[C@]4(C)CC[C@]23C)C1(C)C. The molecule has 2 unspecified atom stereocenters. The maximum Gasteiger partial charge on any atom is 0.302 e. The summed E-state index contributed by atoms with van der Waals surface area (Å²) in [5.74, 6) is 0.975. The predicted molar refractivity (Wildman–Crippen MR) is 139 cm³/mol. The highest BCUT2D eigenvalue weighted by molar-refractivity contribution is 5.95. The van der Waals surface area contributed by atoms with Crippen LogP contribution in [-0.4, -0.2) is 23.4 Å². The van der Waals surface area contributed by atoms with E-state index in [1.165, 1.54) is 25.3 Å². The summed E-state index contributed by atoms with van der Waals surface area (Å²) in [7, 11) is 0. The molecule has 0 aromatic heterocycles. The lowest BCUT2D eigenvalue weighted by atomic mass is 9.33. The molecular formula is C31H49NO3. The third-order valence-corrected chi connectivity index (χ3v) is 12.9. The molecule has 4 heteroatoms. The van der Waals surface area contributed by atoms with E-state index in [0.717, 1.165) is 44.9 Å². The van der Waals surface area contributed by atoms with Crippen molar-refractivity contribution < 1.29 is 14.3 Å². The molecule has 0 radical (unpaired) electrons. The molecule has 0 aromatic carbocycles. The number of rotatable bonds is 1. The topological polar surface area (TPSA) is 69.4 Å². The van der Waals surface area contributed by atoms with Gasteiger partial charge in [0.05, 0.1) is 0 Å². The second kappa shape index (κ2) is 7.45. The maximum atomic E-state index is 14.3. The standard InChI is InChI=1S/C31H49NO3/c1-19(33)35-24-10-11-29(6)23(26(24,2)3)9-12-31(8)25(29)22(34)17-20-21-18-28(5,32)15-13-27(21,4)14-16-30(20,31)7/h17,21,23-25H,9-16,18,32H2,1-8H3/t21-,23?,24-,25?,27+,28-,29-,30+,31+/m0/s1. The molecule has 0 aromatic rings. The van der Waals surface area contributed by atoms with Crippen molar-refractivity contribution in [3.8, 4) is 0 Å². The summed E-state index contributed by atoms with van der Waals surface area (Å²) in [5, 5.41) is 0. The van der Waals surface area contributed by atoms with Gasteiger partial charge in [-0.15, -0.1) is 0 Å². The van der Waals surface area contributed by atoms with E-state index in [1.54, 1.807) is 0 Å². The number of carbonyl (C=O) groups is 2. The number of fused-ring (bicyclic) bond motifs is 7. The highest BCUT2D eigenvalue weighted by atomic mass is 16.5. The van der Waals surface area contributed by atoms with E-state index >= 15 is 0 Å². The number of nitrogens with two attached hydrogens (primary N) is 1. The minimum atomic E-state index is -0.189. The van der Waals surface area contributed by atoms with Crippen molar-refractivity contribution in [2.24, 2.45) is 50.6 Å². The average Bonchev–Trinajstić information content (AvgIpc) is 2.72. The zero-order chi connectivity index (χ0) is 25.8. The third kappa shape index (κ3) is 3.33. The number of ketones is 1. The van der Waals surface area contributed by atoms with Crippen LogP contribution in [-0.2, 0) is 14.3 Å². The van der Waals surface area contributed by atoms with Crippen LogP contribution in [0.1, 0.15) is 113 Å². The van der Waals surface area contributed by atoms with Crippen LogP contribution < -0.4 is 5.73 Å². The summed E-state index contributed by atoms with van der Waals surface area (Å²) in [6, 6.07) is 0. The fourth-order valence-corrected chi connectivity index (χ4v) is 10.6. The van der Waals surface area contributed by atoms with Gasteiger partial charge in [0.15, 0.2) is 5.78 Å². The van der Waals surface area contributed by atoms with E-state index in [4.69, 9.17) is 10.5 Å². The van der Waals surface area contributed by atoms with Gasteiger partial charge in [0.2, 0.25) is 0 Å². The fraction of sp³-hybridized carbons (Fsp3) is 0.871. The average molecular weight is 484 g/mol. The van der Waals surface area contributed by atoms with E-state index in [-0.39, 0.29) is 50.6 Å². The lowest BCUT2D eigenvalue weighted by Crippen LogP contribution is -2.67. The van der Waals surface area contributed by atoms with Crippen LogP contribution in [0.15, 0.2) is 11.6 Å². The Kier molecular flexibility index (Phi) is 5.43. The van der Waals surface area contributed by atoms with Gasteiger partial charge in [-0.25, -0.2) is 0 Å². The van der Waals surface area contributed by atoms with Crippen LogP contribution in [0.5, 0.6) is 0 Å². The highest BCUT2D eigenvalue weighted by Crippen LogP contribution is 2.74. The number of allylic oxidation sites excluding steroid dienone is 2. The smallest absolute Gasteiger partial charge is 0.302 e. The maximum absolute atomic E-state index is 14.3. The Bertz CT molecular complexity index is 980. The summed E-state index contributed by atoms with van der Waals surface area (Å²) in [6.45, 7) is 18.1. The number of ether oxygens (including phenoxy) is 1. The zero-order valence-corrected chi connectivity index (χ0v) is 23.6.